The Labute approximate surface area is 85.7 Å². The van der Waals surface area contributed by atoms with Gasteiger partial charge in [-0.05, 0) is 13.0 Å². The highest BCUT2D eigenvalue weighted by atomic mass is 16.5. The van der Waals surface area contributed by atoms with E-state index in [1.165, 1.54) is 0 Å². The van der Waals surface area contributed by atoms with Gasteiger partial charge < -0.3 is 14.7 Å². The molecule has 2 aromatic heterocycles. The highest BCUT2D eigenvalue weighted by molar-refractivity contribution is 5.37. The average molecular weight is 209 g/mol. The van der Waals surface area contributed by atoms with Crippen molar-refractivity contribution in [3.05, 3.63) is 11.8 Å². The van der Waals surface area contributed by atoms with Crippen molar-refractivity contribution >= 4 is 0 Å². The topological polar surface area (TPSA) is 104 Å². The van der Waals surface area contributed by atoms with Gasteiger partial charge in [-0.25, -0.2) is 0 Å². The summed E-state index contributed by atoms with van der Waals surface area (Å²) >= 11 is 0. The zero-order valence-corrected chi connectivity index (χ0v) is 8.30. The number of aryl methyl sites for hydroxylation is 2. The van der Waals surface area contributed by atoms with Gasteiger partial charge in [0, 0.05) is 13.3 Å². The van der Waals surface area contributed by atoms with Crippen LogP contribution in [0, 0.1) is 6.92 Å². The smallest absolute Gasteiger partial charge is 0.289 e. The zero-order valence-electron chi connectivity index (χ0n) is 8.30. The summed E-state index contributed by atoms with van der Waals surface area (Å²) in [6.45, 7) is 2.29. The van der Waals surface area contributed by atoms with Crippen LogP contribution in [0.5, 0.6) is 0 Å². The molecule has 0 amide bonds. The van der Waals surface area contributed by atoms with Crippen LogP contribution in [0.1, 0.15) is 18.2 Å². The summed E-state index contributed by atoms with van der Waals surface area (Å²) in [6, 6.07) is 0. The van der Waals surface area contributed by atoms with E-state index in [1.54, 1.807) is 6.92 Å². The van der Waals surface area contributed by atoms with Crippen molar-refractivity contribution < 1.29 is 8.94 Å². The molecular formula is C8H11N5O2. The lowest BCUT2D eigenvalue weighted by Gasteiger charge is -1.87. The summed E-state index contributed by atoms with van der Waals surface area (Å²) in [5.41, 5.74) is 5.37. The number of hydrogen-bond donors (Lipinski definition) is 1. The van der Waals surface area contributed by atoms with Crippen molar-refractivity contribution in [1.82, 2.24) is 20.3 Å². The molecule has 2 N–H and O–H groups in total. The summed E-state index contributed by atoms with van der Waals surface area (Å²) in [6.07, 6.45) is 1.47. The van der Waals surface area contributed by atoms with Gasteiger partial charge in [-0.3, -0.25) is 0 Å². The number of rotatable bonds is 4. The van der Waals surface area contributed by atoms with Gasteiger partial charge in [0.05, 0.1) is 0 Å². The molecule has 0 radical (unpaired) electrons. The zero-order chi connectivity index (χ0) is 10.7. The van der Waals surface area contributed by atoms with E-state index in [9.17, 15) is 0 Å². The monoisotopic (exact) mass is 209 g/mol. The second kappa shape index (κ2) is 4.18. The van der Waals surface area contributed by atoms with Crippen molar-refractivity contribution in [2.75, 3.05) is 6.54 Å². The Morgan fingerprint density at radius 3 is 2.87 bits per heavy atom. The maximum absolute atomic E-state index is 5.37. The molecule has 2 aromatic rings. The minimum Gasteiger partial charge on any atom is -0.418 e. The van der Waals surface area contributed by atoms with Crippen LogP contribution in [0.25, 0.3) is 11.7 Å². The van der Waals surface area contributed by atoms with Crippen molar-refractivity contribution in [2.45, 2.75) is 19.8 Å². The SMILES string of the molecule is Cc1nnc(-c2noc(CCCN)n2)o1. The van der Waals surface area contributed by atoms with E-state index in [2.05, 4.69) is 20.3 Å². The molecule has 7 heteroatoms. The highest BCUT2D eigenvalue weighted by Crippen LogP contribution is 2.13. The molecule has 7 nitrogen and oxygen atoms in total. The van der Waals surface area contributed by atoms with E-state index >= 15 is 0 Å². The minimum atomic E-state index is 0.273. The van der Waals surface area contributed by atoms with Crippen LogP contribution in [0.3, 0.4) is 0 Å². The van der Waals surface area contributed by atoms with Crippen LogP contribution in [0.2, 0.25) is 0 Å². The standard InChI is InChI=1S/C8H11N5O2/c1-5-11-12-8(14-5)7-10-6(15-13-7)3-2-4-9/h2-4,9H2,1H3. The first-order valence-corrected chi connectivity index (χ1v) is 4.62. The number of hydrogen-bond acceptors (Lipinski definition) is 7. The van der Waals surface area contributed by atoms with Gasteiger partial charge in [-0.2, -0.15) is 4.98 Å². The Morgan fingerprint density at radius 1 is 1.33 bits per heavy atom. The quantitative estimate of drug-likeness (QED) is 0.773. The summed E-state index contributed by atoms with van der Waals surface area (Å²) in [5.74, 6) is 1.60. The first-order chi connectivity index (χ1) is 7.29. The number of nitrogens with two attached hydrogens (primary N) is 1. The highest BCUT2D eigenvalue weighted by Gasteiger charge is 2.13. The molecule has 0 aliphatic rings. The van der Waals surface area contributed by atoms with Crippen LogP contribution in [-0.4, -0.2) is 26.9 Å². The molecule has 0 aliphatic carbocycles. The molecule has 80 valence electrons. The first kappa shape index (κ1) is 9.78. The van der Waals surface area contributed by atoms with Gasteiger partial charge >= 0.3 is 0 Å². The Kier molecular flexibility index (Phi) is 2.72. The van der Waals surface area contributed by atoms with Gasteiger partial charge in [0.1, 0.15) is 0 Å². The summed E-state index contributed by atoms with van der Waals surface area (Å²) in [5, 5.41) is 11.2. The average Bonchev–Trinajstić information content (AvgIpc) is 2.83. The van der Waals surface area contributed by atoms with Crippen LogP contribution in [0.4, 0.5) is 0 Å². The fourth-order valence-electron chi connectivity index (χ4n) is 1.08. The van der Waals surface area contributed by atoms with Crippen LogP contribution < -0.4 is 5.73 Å². The number of aromatic nitrogens is 4. The molecule has 0 fully saturated rings. The minimum absolute atomic E-state index is 0.273. The van der Waals surface area contributed by atoms with E-state index in [-0.39, 0.29) is 5.89 Å². The normalized spacial score (nSPS) is 10.8. The lowest BCUT2D eigenvalue weighted by atomic mass is 10.3. The molecule has 0 unspecified atom stereocenters. The molecule has 0 aliphatic heterocycles. The largest absolute Gasteiger partial charge is 0.418 e. The van der Waals surface area contributed by atoms with E-state index < -0.39 is 0 Å². The van der Waals surface area contributed by atoms with Crippen molar-refractivity contribution in [3.8, 4) is 11.7 Å². The third kappa shape index (κ3) is 2.18. The van der Waals surface area contributed by atoms with E-state index in [1.807, 2.05) is 0 Å². The summed E-state index contributed by atoms with van der Waals surface area (Å²) in [7, 11) is 0. The molecular weight excluding hydrogens is 198 g/mol. The Bertz CT molecular complexity index is 436. The fourth-order valence-corrected chi connectivity index (χ4v) is 1.08. The van der Waals surface area contributed by atoms with Crippen LogP contribution >= 0.6 is 0 Å². The van der Waals surface area contributed by atoms with Crippen molar-refractivity contribution in [3.63, 3.8) is 0 Å². The maximum atomic E-state index is 5.37. The van der Waals surface area contributed by atoms with Gasteiger partial charge in [0.2, 0.25) is 11.8 Å². The van der Waals surface area contributed by atoms with Gasteiger partial charge in [-0.1, -0.05) is 5.16 Å². The Hall–Kier alpha value is -1.76. The molecule has 0 aromatic carbocycles. The van der Waals surface area contributed by atoms with Crippen LogP contribution in [-0.2, 0) is 6.42 Å². The molecule has 2 heterocycles. The molecule has 0 spiro atoms. The molecule has 2 rings (SSSR count). The molecule has 0 atom stereocenters. The fraction of sp³-hybridized carbons (Fsp3) is 0.500. The van der Waals surface area contributed by atoms with E-state index in [0.29, 0.717) is 30.6 Å². The second-order valence-corrected chi connectivity index (χ2v) is 3.03. The lowest BCUT2D eigenvalue weighted by Crippen LogP contribution is -2.00. The maximum Gasteiger partial charge on any atom is 0.289 e. The van der Waals surface area contributed by atoms with E-state index in [0.717, 1.165) is 6.42 Å². The molecule has 0 saturated heterocycles. The van der Waals surface area contributed by atoms with Crippen molar-refractivity contribution in [1.29, 1.82) is 0 Å². The predicted molar refractivity (Wildman–Crippen MR) is 49.7 cm³/mol. The van der Waals surface area contributed by atoms with Gasteiger partial charge in [0.25, 0.3) is 11.7 Å². The number of nitrogens with zero attached hydrogens (tertiary/aromatic N) is 4. The predicted octanol–water partition coefficient (Wildman–Crippen LogP) is 0.319. The Balaban J connectivity index is 2.13. The van der Waals surface area contributed by atoms with Gasteiger partial charge in [0.15, 0.2) is 0 Å². The van der Waals surface area contributed by atoms with Crippen LogP contribution in [0.15, 0.2) is 8.94 Å². The Morgan fingerprint density at radius 2 is 2.20 bits per heavy atom. The lowest BCUT2D eigenvalue weighted by molar-refractivity contribution is 0.375. The van der Waals surface area contributed by atoms with Gasteiger partial charge in [-0.15, -0.1) is 10.2 Å². The second-order valence-electron chi connectivity index (χ2n) is 3.03. The third-order valence-electron chi connectivity index (χ3n) is 1.78. The first-order valence-electron chi connectivity index (χ1n) is 4.62. The van der Waals surface area contributed by atoms with Crippen molar-refractivity contribution in [2.24, 2.45) is 5.73 Å². The molecule has 15 heavy (non-hydrogen) atoms. The summed E-state index contributed by atoms with van der Waals surface area (Å²) in [4.78, 5) is 4.10. The summed E-state index contributed by atoms with van der Waals surface area (Å²) < 4.78 is 10.1. The molecule has 0 saturated carbocycles. The third-order valence-corrected chi connectivity index (χ3v) is 1.78. The van der Waals surface area contributed by atoms with E-state index in [4.69, 9.17) is 14.7 Å². The molecule has 0 bridgehead atoms.